The predicted octanol–water partition coefficient (Wildman–Crippen LogP) is 5.78. The molecule has 0 amide bonds. The minimum Gasteiger partial charge on any atom is -0.481 e. The first-order valence-electron chi connectivity index (χ1n) is 11.2. The molecule has 8 heteroatoms. The van der Waals surface area contributed by atoms with Crippen LogP contribution in [-0.4, -0.2) is 20.6 Å². The Bertz CT molecular complexity index is 1370. The molecule has 6 nitrogen and oxygen atoms in total. The highest BCUT2D eigenvalue weighted by Gasteiger charge is 2.11. The summed E-state index contributed by atoms with van der Waals surface area (Å²) < 4.78 is 1.81. The number of carboxylic acid groups (broad SMARTS) is 1. The number of aromatic nitrogens is 2. The molecule has 0 unspecified atom stereocenters. The van der Waals surface area contributed by atoms with Crippen molar-refractivity contribution in [2.24, 2.45) is 0 Å². The molecule has 0 aliphatic heterocycles. The Morgan fingerprint density at radius 2 is 1.69 bits per heavy atom. The van der Waals surface area contributed by atoms with Gasteiger partial charge in [-0.2, -0.15) is 0 Å². The van der Waals surface area contributed by atoms with Crippen LogP contribution in [0.1, 0.15) is 36.4 Å². The van der Waals surface area contributed by atoms with Crippen LogP contribution in [-0.2, 0) is 30.6 Å². The van der Waals surface area contributed by atoms with E-state index in [1.165, 1.54) is 0 Å². The van der Waals surface area contributed by atoms with Gasteiger partial charge in [-0.15, -0.1) is 24.8 Å². The number of aryl methyl sites for hydroxylation is 2. The number of halogens is 2. The second-order valence-electron chi connectivity index (χ2n) is 8.01. The van der Waals surface area contributed by atoms with Gasteiger partial charge in [0.25, 0.3) is 5.56 Å². The first kappa shape index (κ1) is 27.9. The van der Waals surface area contributed by atoms with Crippen molar-refractivity contribution in [2.75, 3.05) is 5.32 Å². The molecule has 0 radical (unpaired) electrons. The number of pyridine rings is 2. The van der Waals surface area contributed by atoms with Gasteiger partial charge in [-0.25, -0.2) is 0 Å². The van der Waals surface area contributed by atoms with Crippen LogP contribution in [0, 0.1) is 0 Å². The standard InChI is InChI=1S/C27H27N3O3.2ClH/c1-3-20-16-25-22(23(4-2)28-20)13-14-26(31)30(25)17-18-9-11-21(12-10-18)29-24-8-6-5-7-19(24)15-27(32)33;;/h5-14,16,29H,3-4,15,17H2,1-2H3,(H,32,33);2*1H. The highest BCUT2D eigenvalue weighted by molar-refractivity contribution is 5.85. The van der Waals surface area contributed by atoms with Gasteiger partial charge < -0.3 is 15.0 Å². The zero-order valence-corrected chi connectivity index (χ0v) is 21.3. The summed E-state index contributed by atoms with van der Waals surface area (Å²) in [4.78, 5) is 28.6. The average Bonchev–Trinajstić information content (AvgIpc) is 2.82. The van der Waals surface area contributed by atoms with Crippen molar-refractivity contribution in [3.8, 4) is 0 Å². The fourth-order valence-electron chi connectivity index (χ4n) is 4.02. The van der Waals surface area contributed by atoms with Gasteiger partial charge in [0.05, 0.1) is 18.5 Å². The summed E-state index contributed by atoms with van der Waals surface area (Å²) in [5.41, 5.74) is 6.22. The van der Waals surface area contributed by atoms with Gasteiger partial charge in [0.15, 0.2) is 0 Å². The molecule has 35 heavy (non-hydrogen) atoms. The number of para-hydroxylation sites is 1. The molecule has 0 spiro atoms. The highest BCUT2D eigenvalue weighted by Crippen LogP contribution is 2.23. The fourth-order valence-corrected chi connectivity index (χ4v) is 4.02. The quantitative estimate of drug-likeness (QED) is 0.311. The van der Waals surface area contributed by atoms with E-state index >= 15 is 0 Å². The van der Waals surface area contributed by atoms with Gasteiger partial charge in [-0.1, -0.05) is 44.2 Å². The third-order valence-corrected chi connectivity index (χ3v) is 5.75. The number of hydrogen-bond donors (Lipinski definition) is 2. The van der Waals surface area contributed by atoms with Crippen molar-refractivity contribution in [1.82, 2.24) is 9.55 Å². The first-order chi connectivity index (χ1) is 16.0. The predicted molar refractivity (Wildman–Crippen MR) is 146 cm³/mol. The second kappa shape index (κ2) is 12.4. The molecule has 0 atom stereocenters. The van der Waals surface area contributed by atoms with Crippen LogP contribution in [0.5, 0.6) is 0 Å². The largest absolute Gasteiger partial charge is 0.481 e. The Hall–Kier alpha value is -3.35. The molecule has 4 rings (SSSR count). The number of rotatable bonds is 8. The molecule has 0 bridgehead atoms. The maximum absolute atomic E-state index is 12.8. The van der Waals surface area contributed by atoms with Gasteiger partial charge in [0.1, 0.15) is 0 Å². The number of fused-ring (bicyclic) bond motifs is 1. The van der Waals surface area contributed by atoms with E-state index < -0.39 is 5.97 Å². The highest BCUT2D eigenvalue weighted by atomic mass is 35.5. The lowest BCUT2D eigenvalue weighted by atomic mass is 10.1. The Balaban J connectivity index is 0.00000216. The fraction of sp³-hybridized carbons (Fsp3) is 0.222. The van der Waals surface area contributed by atoms with Crippen molar-refractivity contribution in [2.45, 2.75) is 39.7 Å². The SMILES string of the molecule is CCc1cc2c(ccc(=O)n2Cc2ccc(Nc3ccccc3CC(=O)O)cc2)c(CC)n1.Cl.Cl. The smallest absolute Gasteiger partial charge is 0.307 e. The second-order valence-corrected chi connectivity index (χ2v) is 8.01. The van der Waals surface area contributed by atoms with E-state index in [0.29, 0.717) is 6.54 Å². The summed E-state index contributed by atoms with van der Waals surface area (Å²) in [7, 11) is 0. The van der Waals surface area contributed by atoms with E-state index in [2.05, 4.69) is 19.2 Å². The van der Waals surface area contributed by atoms with E-state index in [4.69, 9.17) is 10.1 Å². The molecule has 184 valence electrons. The number of hydrogen-bond acceptors (Lipinski definition) is 4. The monoisotopic (exact) mass is 513 g/mol. The molecule has 0 aliphatic rings. The van der Waals surface area contributed by atoms with Crippen LogP contribution >= 0.6 is 24.8 Å². The summed E-state index contributed by atoms with van der Waals surface area (Å²) in [5, 5.41) is 13.5. The number of anilines is 2. The number of aliphatic carboxylic acids is 1. The summed E-state index contributed by atoms with van der Waals surface area (Å²) in [6.45, 7) is 4.61. The number of benzene rings is 2. The van der Waals surface area contributed by atoms with Gasteiger partial charge >= 0.3 is 5.97 Å². The van der Waals surface area contributed by atoms with Crippen molar-refractivity contribution < 1.29 is 9.90 Å². The lowest BCUT2D eigenvalue weighted by molar-refractivity contribution is -0.136. The van der Waals surface area contributed by atoms with Crippen molar-refractivity contribution in [3.63, 3.8) is 0 Å². The zero-order valence-electron chi connectivity index (χ0n) is 19.7. The number of carbonyl (C=O) groups is 1. The van der Waals surface area contributed by atoms with E-state index in [0.717, 1.165) is 57.6 Å². The molecule has 2 heterocycles. The molecule has 0 saturated heterocycles. The van der Waals surface area contributed by atoms with Gasteiger partial charge in [0, 0.05) is 34.2 Å². The van der Waals surface area contributed by atoms with E-state index in [-0.39, 0.29) is 36.8 Å². The molecular formula is C27H29Cl2N3O3. The van der Waals surface area contributed by atoms with Crippen molar-refractivity contribution in [1.29, 1.82) is 0 Å². The Morgan fingerprint density at radius 3 is 2.34 bits per heavy atom. The van der Waals surface area contributed by atoms with Crippen molar-refractivity contribution >= 4 is 53.1 Å². The van der Waals surface area contributed by atoms with Crippen LogP contribution in [0.3, 0.4) is 0 Å². The normalized spacial score (nSPS) is 10.3. The minimum atomic E-state index is -0.868. The Kier molecular flexibility index (Phi) is 9.87. The lowest BCUT2D eigenvalue weighted by Gasteiger charge is -2.15. The topological polar surface area (TPSA) is 84.2 Å². The van der Waals surface area contributed by atoms with E-state index in [1.807, 2.05) is 60.7 Å². The average molecular weight is 514 g/mol. The van der Waals surface area contributed by atoms with E-state index in [1.54, 1.807) is 10.6 Å². The number of carboxylic acids is 1. The van der Waals surface area contributed by atoms with Crippen molar-refractivity contribution in [3.05, 3.63) is 99.6 Å². The van der Waals surface area contributed by atoms with Crippen LogP contribution in [0.25, 0.3) is 10.9 Å². The molecule has 0 aliphatic carbocycles. The summed E-state index contributed by atoms with van der Waals surface area (Å²) in [6.07, 6.45) is 1.58. The third-order valence-electron chi connectivity index (χ3n) is 5.75. The van der Waals surface area contributed by atoms with Gasteiger partial charge in [-0.05, 0) is 54.3 Å². The molecular weight excluding hydrogens is 485 g/mol. The molecule has 0 fully saturated rings. The molecule has 4 aromatic rings. The molecule has 2 N–H and O–H groups in total. The van der Waals surface area contributed by atoms with Gasteiger partial charge in [-0.3, -0.25) is 14.6 Å². The van der Waals surface area contributed by atoms with Crippen LogP contribution in [0.15, 0.2) is 71.5 Å². The Morgan fingerprint density at radius 1 is 0.971 bits per heavy atom. The summed E-state index contributed by atoms with van der Waals surface area (Å²) >= 11 is 0. The van der Waals surface area contributed by atoms with Crippen LogP contribution < -0.4 is 10.9 Å². The van der Waals surface area contributed by atoms with E-state index in [9.17, 15) is 9.59 Å². The third kappa shape index (κ3) is 6.41. The van der Waals surface area contributed by atoms with Crippen LogP contribution in [0.4, 0.5) is 11.4 Å². The maximum Gasteiger partial charge on any atom is 0.307 e. The maximum atomic E-state index is 12.8. The molecule has 0 saturated carbocycles. The number of nitrogens with zero attached hydrogens (tertiary/aromatic N) is 2. The summed E-state index contributed by atoms with van der Waals surface area (Å²) in [6, 6.07) is 20.7. The zero-order chi connectivity index (χ0) is 23.4. The van der Waals surface area contributed by atoms with Crippen LogP contribution in [0.2, 0.25) is 0 Å². The molecule has 2 aromatic carbocycles. The minimum absolute atomic E-state index is 0. The Labute approximate surface area is 216 Å². The van der Waals surface area contributed by atoms with Gasteiger partial charge in [0.2, 0.25) is 0 Å². The molecule has 2 aromatic heterocycles. The first-order valence-corrected chi connectivity index (χ1v) is 11.2. The lowest BCUT2D eigenvalue weighted by Crippen LogP contribution is -2.20. The summed E-state index contributed by atoms with van der Waals surface area (Å²) in [5.74, 6) is -0.868. The number of nitrogens with one attached hydrogen (secondary N) is 1.